The normalized spacial score (nSPS) is 11.1. The molecule has 3 heterocycles. The van der Waals surface area contributed by atoms with Crippen LogP contribution in [0.3, 0.4) is 0 Å². The van der Waals surface area contributed by atoms with E-state index >= 15 is 0 Å². The van der Waals surface area contributed by atoms with Gasteiger partial charge in [-0.25, -0.2) is 4.98 Å². The Hall–Kier alpha value is -4.13. The van der Waals surface area contributed by atoms with Gasteiger partial charge >= 0.3 is 0 Å². The van der Waals surface area contributed by atoms with Crippen molar-refractivity contribution < 1.29 is 4.79 Å². The van der Waals surface area contributed by atoms with Crippen molar-refractivity contribution in [3.8, 4) is 11.1 Å². The fourth-order valence-electron chi connectivity index (χ4n) is 3.37. The van der Waals surface area contributed by atoms with Crippen molar-refractivity contribution in [1.82, 2.24) is 20.2 Å². The average molecular weight is 368 g/mol. The SMILES string of the molecule is Nc1ccc(C(=O)Nc2cc(-c3cccc4[nH]ccc34)cc3[nH]ncc23)nc1. The first kappa shape index (κ1) is 16.1. The average Bonchev–Trinajstić information content (AvgIpc) is 3.37. The minimum absolute atomic E-state index is 0.295. The van der Waals surface area contributed by atoms with Gasteiger partial charge in [0.05, 0.1) is 29.3 Å². The van der Waals surface area contributed by atoms with E-state index in [0.717, 1.165) is 32.9 Å². The van der Waals surface area contributed by atoms with Crippen LogP contribution >= 0.6 is 0 Å². The van der Waals surface area contributed by atoms with Gasteiger partial charge in [-0.05, 0) is 47.5 Å². The molecule has 0 aliphatic rings. The zero-order valence-corrected chi connectivity index (χ0v) is 14.7. The van der Waals surface area contributed by atoms with Gasteiger partial charge in [0.15, 0.2) is 0 Å². The van der Waals surface area contributed by atoms with E-state index in [1.807, 2.05) is 36.5 Å². The summed E-state index contributed by atoms with van der Waals surface area (Å²) < 4.78 is 0. The van der Waals surface area contributed by atoms with Crippen LogP contribution in [0, 0.1) is 0 Å². The van der Waals surface area contributed by atoms with E-state index in [1.165, 1.54) is 6.20 Å². The largest absolute Gasteiger partial charge is 0.397 e. The molecule has 0 spiro atoms. The Bertz CT molecular complexity index is 1320. The zero-order valence-electron chi connectivity index (χ0n) is 14.7. The van der Waals surface area contributed by atoms with Crippen LogP contribution in [0.25, 0.3) is 32.9 Å². The molecule has 0 fully saturated rings. The van der Waals surface area contributed by atoms with Crippen molar-refractivity contribution >= 4 is 39.1 Å². The van der Waals surface area contributed by atoms with E-state index in [-0.39, 0.29) is 5.91 Å². The quantitative estimate of drug-likeness (QED) is 0.386. The molecule has 0 radical (unpaired) electrons. The lowest BCUT2D eigenvalue weighted by Gasteiger charge is -2.10. The maximum absolute atomic E-state index is 12.7. The molecule has 0 bridgehead atoms. The van der Waals surface area contributed by atoms with E-state index in [0.29, 0.717) is 17.1 Å². The highest BCUT2D eigenvalue weighted by Crippen LogP contribution is 2.34. The van der Waals surface area contributed by atoms with Gasteiger partial charge in [0, 0.05) is 22.5 Å². The molecule has 0 saturated carbocycles. The van der Waals surface area contributed by atoms with Crippen LogP contribution in [0.5, 0.6) is 0 Å². The summed E-state index contributed by atoms with van der Waals surface area (Å²) in [5.74, 6) is -0.306. The van der Waals surface area contributed by atoms with Crippen LogP contribution in [0.1, 0.15) is 10.5 Å². The van der Waals surface area contributed by atoms with Crippen LogP contribution in [-0.4, -0.2) is 26.1 Å². The number of carbonyl (C=O) groups is 1. The minimum Gasteiger partial charge on any atom is -0.397 e. The third kappa shape index (κ3) is 2.66. The van der Waals surface area contributed by atoms with Crippen molar-refractivity contribution in [2.24, 2.45) is 0 Å². The molecule has 0 aliphatic heterocycles. The van der Waals surface area contributed by atoms with E-state index in [4.69, 9.17) is 5.73 Å². The summed E-state index contributed by atoms with van der Waals surface area (Å²) in [6, 6.07) is 15.4. The topological polar surface area (TPSA) is 112 Å². The molecule has 5 N–H and O–H groups in total. The highest BCUT2D eigenvalue weighted by molar-refractivity contribution is 6.09. The standard InChI is InChI=1S/C21H16N6O/c22-13-4-5-18(24-10-13)21(28)26-19-8-12(9-20-16(19)11-25-27-20)14-2-1-3-17-15(14)6-7-23-17/h1-11,23H,22H2,(H,25,27)(H,26,28). The number of nitrogens with two attached hydrogens (primary N) is 1. The van der Waals surface area contributed by atoms with E-state index in [2.05, 4.69) is 31.5 Å². The van der Waals surface area contributed by atoms with E-state index in [1.54, 1.807) is 18.3 Å². The molecular weight excluding hydrogens is 352 g/mol. The van der Waals surface area contributed by atoms with E-state index in [9.17, 15) is 4.79 Å². The van der Waals surface area contributed by atoms with E-state index < -0.39 is 0 Å². The highest BCUT2D eigenvalue weighted by atomic mass is 16.1. The van der Waals surface area contributed by atoms with Crippen LogP contribution in [0.4, 0.5) is 11.4 Å². The number of nitrogens with zero attached hydrogens (tertiary/aromatic N) is 2. The number of aromatic amines is 2. The Morgan fingerprint density at radius 3 is 2.79 bits per heavy atom. The summed E-state index contributed by atoms with van der Waals surface area (Å²) in [7, 11) is 0. The number of benzene rings is 2. The van der Waals surface area contributed by atoms with Crippen molar-refractivity contribution in [2.75, 3.05) is 11.1 Å². The number of H-pyrrole nitrogens is 2. The van der Waals surface area contributed by atoms with Gasteiger partial charge in [0.25, 0.3) is 5.91 Å². The number of hydrogen-bond donors (Lipinski definition) is 4. The van der Waals surface area contributed by atoms with Crippen LogP contribution in [0.2, 0.25) is 0 Å². The number of anilines is 2. The summed E-state index contributed by atoms with van der Waals surface area (Å²) >= 11 is 0. The Morgan fingerprint density at radius 2 is 1.93 bits per heavy atom. The van der Waals surface area contributed by atoms with Gasteiger partial charge in [0.1, 0.15) is 5.69 Å². The van der Waals surface area contributed by atoms with Crippen LogP contribution in [0.15, 0.2) is 67.1 Å². The highest BCUT2D eigenvalue weighted by Gasteiger charge is 2.14. The first-order valence-electron chi connectivity index (χ1n) is 8.75. The molecule has 1 amide bonds. The summed E-state index contributed by atoms with van der Waals surface area (Å²) in [6.45, 7) is 0. The number of carbonyl (C=O) groups excluding carboxylic acids is 1. The summed E-state index contributed by atoms with van der Waals surface area (Å²) in [5.41, 5.74) is 11.1. The lowest BCUT2D eigenvalue weighted by Crippen LogP contribution is -2.14. The number of hydrogen-bond acceptors (Lipinski definition) is 4. The monoisotopic (exact) mass is 368 g/mol. The number of nitrogens with one attached hydrogen (secondary N) is 3. The second-order valence-electron chi connectivity index (χ2n) is 6.53. The number of pyridine rings is 1. The van der Waals surface area contributed by atoms with Gasteiger partial charge in [-0.2, -0.15) is 5.10 Å². The Kier molecular flexibility index (Phi) is 3.58. The lowest BCUT2D eigenvalue weighted by atomic mass is 9.99. The first-order chi connectivity index (χ1) is 13.7. The third-order valence-electron chi connectivity index (χ3n) is 4.73. The number of nitrogen functional groups attached to an aromatic ring is 1. The minimum atomic E-state index is -0.306. The van der Waals surface area contributed by atoms with Gasteiger partial charge in [0.2, 0.25) is 0 Å². The molecule has 7 heteroatoms. The number of fused-ring (bicyclic) bond motifs is 2. The molecule has 5 rings (SSSR count). The molecule has 0 aliphatic carbocycles. The molecule has 28 heavy (non-hydrogen) atoms. The van der Waals surface area contributed by atoms with Gasteiger partial charge in [-0.3, -0.25) is 9.89 Å². The van der Waals surface area contributed by atoms with Gasteiger partial charge in [-0.15, -0.1) is 0 Å². The number of rotatable bonds is 3. The molecule has 136 valence electrons. The van der Waals surface area contributed by atoms with Crippen molar-refractivity contribution in [3.63, 3.8) is 0 Å². The maximum atomic E-state index is 12.7. The smallest absolute Gasteiger partial charge is 0.274 e. The molecule has 3 aromatic heterocycles. The lowest BCUT2D eigenvalue weighted by molar-refractivity contribution is 0.102. The Morgan fingerprint density at radius 1 is 1.00 bits per heavy atom. The third-order valence-corrected chi connectivity index (χ3v) is 4.73. The zero-order chi connectivity index (χ0) is 19.1. The van der Waals surface area contributed by atoms with Crippen LogP contribution < -0.4 is 11.1 Å². The molecule has 0 saturated heterocycles. The molecule has 0 unspecified atom stereocenters. The summed E-state index contributed by atoms with van der Waals surface area (Å²) in [4.78, 5) is 20.0. The fraction of sp³-hybridized carbons (Fsp3) is 0. The second kappa shape index (κ2) is 6.24. The molecule has 2 aromatic carbocycles. The Balaban J connectivity index is 1.61. The summed E-state index contributed by atoms with van der Waals surface area (Å²) in [5, 5.41) is 12.0. The fourth-order valence-corrected chi connectivity index (χ4v) is 3.37. The van der Waals surface area contributed by atoms with Crippen molar-refractivity contribution in [1.29, 1.82) is 0 Å². The molecular formula is C21H16N6O. The molecule has 7 nitrogen and oxygen atoms in total. The molecule has 5 aromatic rings. The van der Waals surface area contributed by atoms with Crippen LogP contribution in [-0.2, 0) is 0 Å². The predicted octanol–water partition coefficient (Wildman–Crippen LogP) is 3.94. The summed E-state index contributed by atoms with van der Waals surface area (Å²) in [6.07, 6.45) is 5.08. The second-order valence-corrected chi connectivity index (χ2v) is 6.53. The number of amides is 1. The molecule has 0 atom stereocenters. The first-order valence-corrected chi connectivity index (χ1v) is 8.75. The predicted molar refractivity (Wildman–Crippen MR) is 110 cm³/mol. The van der Waals surface area contributed by atoms with Gasteiger partial charge in [-0.1, -0.05) is 12.1 Å². The number of aromatic nitrogens is 4. The van der Waals surface area contributed by atoms with Gasteiger partial charge < -0.3 is 16.0 Å². The Labute approximate surface area is 159 Å². The van der Waals surface area contributed by atoms with Crippen molar-refractivity contribution in [2.45, 2.75) is 0 Å². The maximum Gasteiger partial charge on any atom is 0.274 e. The van der Waals surface area contributed by atoms with Crippen molar-refractivity contribution in [3.05, 3.63) is 72.8 Å².